The molecule has 1 aliphatic rings. The molecule has 0 spiro atoms. The average Bonchev–Trinajstić information content (AvgIpc) is 2.76. The van der Waals surface area contributed by atoms with Gasteiger partial charge >= 0.3 is 5.97 Å². The van der Waals surface area contributed by atoms with E-state index in [1.807, 2.05) is 30.0 Å². The molecule has 0 saturated carbocycles. The number of nitrogens with zero attached hydrogens (tertiary/aromatic N) is 1. The maximum absolute atomic E-state index is 11.4. The molecule has 1 aliphatic heterocycles. The van der Waals surface area contributed by atoms with Gasteiger partial charge in [-0.2, -0.15) is 0 Å². The number of hydrogen-bond acceptors (Lipinski definition) is 4. The highest BCUT2D eigenvalue weighted by Gasteiger charge is 2.18. The molecule has 0 aliphatic carbocycles. The minimum Gasteiger partial charge on any atom is -0.497 e. The monoisotopic (exact) mass is 329 g/mol. The first-order chi connectivity index (χ1) is 11.2. The van der Waals surface area contributed by atoms with Gasteiger partial charge in [-0.05, 0) is 35.4 Å². The van der Waals surface area contributed by atoms with Crippen molar-refractivity contribution in [3.05, 3.63) is 59.2 Å². The normalized spacial score (nSPS) is 14.8. The molecule has 2 aromatic rings. The van der Waals surface area contributed by atoms with Gasteiger partial charge in [0.2, 0.25) is 0 Å². The number of fused-ring (bicyclic) bond motifs is 1. The lowest BCUT2D eigenvalue weighted by Gasteiger charge is -2.21. The van der Waals surface area contributed by atoms with Gasteiger partial charge in [0, 0.05) is 30.3 Å². The lowest BCUT2D eigenvalue weighted by molar-refractivity contribution is 0.0694. The van der Waals surface area contributed by atoms with Gasteiger partial charge in [0.25, 0.3) is 0 Å². The zero-order valence-corrected chi connectivity index (χ0v) is 13.8. The van der Waals surface area contributed by atoms with Gasteiger partial charge in [0.15, 0.2) is 0 Å². The fourth-order valence-electron chi connectivity index (χ4n) is 2.79. The van der Waals surface area contributed by atoms with E-state index in [1.165, 1.54) is 10.5 Å². The van der Waals surface area contributed by atoms with E-state index in [0.717, 1.165) is 30.2 Å². The second-order valence-electron chi connectivity index (χ2n) is 5.50. The Bertz CT molecular complexity index is 717. The van der Waals surface area contributed by atoms with Crippen molar-refractivity contribution >= 4 is 17.7 Å². The van der Waals surface area contributed by atoms with Gasteiger partial charge in [-0.3, -0.25) is 4.90 Å². The van der Waals surface area contributed by atoms with Crippen LogP contribution in [-0.4, -0.2) is 35.4 Å². The van der Waals surface area contributed by atoms with Crippen LogP contribution in [0.5, 0.6) is 5.75 Å². The van der Waals surface area contributed by atoms with Crippen molar-refractivity contribution in [3.8, 4) is 5.75 Å². The van der Waals surface area contributed by atoms with E-state index in [-0.39, 0.29) is 0 Å². The average molecular weight is 329 g/mol. The Kier molecular flexibility index (Phi) is 4.88. The number of hydrogen-bond donors (Lipinski definition) is 1. The fraction of sp³-hybridized carbons (Fsp3) is 0.278. The molecular formula is C18H19NO3S. The number of carboxylic acids is 1. The number of ether oxygens (including phenoxy) is 1. The molecule has 3 rings (SSSR count). The van der Waals surface area contributed by atoms with Crippen LogP contribution in [0.1, 0.15) is 21.5 Å². The van der Waals surface area contributed by atoms with Crippen LogP contribution in [0.2, 0.25) is 0 Å². The molecule has 23 heavy (non-hydrogen) atoms. The van der Waals surface area contributed by atoms with E-state index in [2.05, 4.69) is 17.0 Å². The minimum absolute atomic E-state index is 0.385. The molecule has 0 saturated heterocycles. The molecule has 0 atom stereocenters. The molecule has 0 bridgehead atoms. The molecule has 0 aromatic heterocycles. The Morgan fingerprint density at radius 2 is 2.13 bits per heavy atom. The largest absolute Gasteiger partial charge is 0.497 e. The predicted octanol–water partition coefficient (Wildman–Crippen LogP) is 3.50. The summed E-state index contributed by atoms with van der Waals surface area (Å²) < 4.78 is 5.32. The molecule has 0 fully saturated rings. The maximum Gasteiger partial charge on any atom is 0.336 e. The minimum atomic E-state index is -0.869. The summed E-state index contributed by atoms with van der Waals surface area (Å²) in [6, 6.07) is 13.4. The lowest BCUT2D eigenvalue weighted by atomic mass is 10.1. The number of aromatic carboxylic acids is 1. The topological polar surface area (TPSA) is 49.8 Å². The lowest BCUT2D eigenvalue weighted by Crippen LogP contribution is -2.25. The summed E-state index contributed by atoms with van der Waals surface area (Å²) in [6.45, 7) is 2.36. The third-order valence-corrected chi connectivity index (χ3v) is 5.06. The highest BCUT2D eigenvalue weighted by Crippen LogP contribution is 2.31. The maximum atomic E-state index is 11.4. The summed E-state index contributed by atoms with van der Waals surface area (Å²) >= 11 is 1.84. The summed E-state index contributed by atoms with van der Waals surface area (Å²) in [5, 5.41) is 9.34. The Morgan fingerprint density at radius 1 is 1.30 bits per heavy atom. The summed E-state index contributed by atoms with van der Waals surface area (Å²) in [5.74, 6) is 0.984. The van der Waals surface area contributed by atoms with Crippen LogP contribution in [0.3, 0.4) is 0 Å². The molecule has 5 heteroatoms. The SMILES string of the molecule is COc1ccc2c(c1)CN(Cc1ccccc1C(=O)O)CCS2. The fourth-order valence-corrected chi connectivity index (χ4v) is 3.84. The summed E-state index contributed by atoms with van der Waals surface area (Å²) in [7, 11) is 1.67. The first kappa shape index (κ1) is 15.9. The molecule has 0 radical (unpaired) electrons. The van der Waals surface area contributed by atoms with Crippen LogP contribution in [-0.2, 0) is 13.1 Å². The van der Waals surface area contributed by atoms with E-state index in [4.69, 9.17) is 4.74 Å². The van der Waals surface area contributed by atoms with Crippen molar-refractivity contribution in [1.29, 1.82) is 0 Å². The van der Waals surface area contributed by atoms with Crippen molar-refractivity contribution in [2.45, 2.75) is 18.0 Å². The number of carboxylic acid groups (broad SMARTS) is 1. The number of rotatable bonds is 4. The van der Waals surface area contributed by atoms with Gasteiger partial charge in [0.05, 0.1) is 12.7 Å². The van der Waals surface area contributed by atoms with Crippen LogP contribution in [0.15, 0.2) is 47.4 Å². The van der Waals surface area contributed by atoms with Crippen molar-refractivity contribution in [2.24, 2.45) is 0 Å². The second kappa shape index (κ2) is 7.06. The van der Waals surface area contributed by atoms with E-state index in [0.29, 0.717) is 12.1 Å². The van der Waals surface area contributed by atoms with Crippen molar-refractivity contribution in [2.75, 3.05) is 19.4 Å². The molecule has 2 aromatic carbocycles. The highest BCUT2D eigenvalue weighted by molar-refractivity contribution is 7.99. The Labute approximate surface area is 140 Å². The van der Waals surface area contributed by atoms with Gasteiger partial charge in [-0.25, -0.2) is 4.79 Å². The number of thioether (sulfide) groups is 1. The first-order valence-electron chi connectivity index (χ1n) is 7.50. The van der Waals surface area contributed by atoms with Gasteiger partial charge in [0.1, 0.15) is 5.75 Å². The quantitative estimate of drug-likeness (QED) is 0.930. The van der Waals surface area contributed by atoms with Crippen molar-refractivity contribution in [1.82, 2.24) is 4.90 Å². The van der Waals surface area contributed by atoms with Gasteiger partial charge in [-0.1, -0.05) is 18.2 Å². The zero-order chi connectivity index (χ0) is 16.2. The molecule has 1 heterocycles. The van der Waals surface area contributed by atoms with Crippen LogP contribution in [0.4, 0.5) is 0 Å². The number of carbonyl (C=O) groups is 1. The van der Waals surface area contributed by atoms with Crippen LogP contribution >= 0.6 is 11.8 Å². The van der Waals surface area contributed by atoms with Gasteiger partial charge in [-0.15, -0.1) is 11.8 Å². The molecule has 0 unspecified atom stereocenters. The molecule has 0 amide bonds. The Balaban J connectivity index is 1.83. The van der Waals surface area contributed by atoms with Crippen LogP contribution in [0, 0.1) is 0 Å². The molecular weight excluding hydrogens is 310 g/mol. The number of benzene rings is 2. The van der Waals surface area contributed by atoms with E-state index in [1.54, 1.807) is 19.2 Å². The molecule has 120 valence electrons. The summed E-state index contributed by atoms with van der Waals surface area (Å²) in [5.41, 5.74) is 2.48. The third kappa shape index (κ3) is 3.68. The van der Waals surface area contributed by atoms with Crippen molar-refractivity contribution < 1.29 is 14.6 Å². The van der Waals surface area contributed by atoms with E-state index < -0.39 is 5.97 Å². The zero-order valence-electron chi connectivity index (χ0n) is 13.0. The van der Waals surface area contributed by atoms with Gasteiger partial charge < -0.3 is 9.84 Å². The van der Waals surface area contributed by atoms with E-state index in [9.17, 15) is 9.90 Å². The highest BCUT2D eigenvalue weighted by atomic mass is 32.2. The van der Waals surface area contributed by atoms with Crippen LogP contribution in [0.25, 0.3) is 0 Å². The molecule has 1 N–H and O–H groups in total. The number of methoxy groups -OCH3 is 1. The standard InChI is InChI=1S/C18H19NO3S/c1-22-15-6-7-17-14(10-15)12-19(8-9-23-17)11-13-4-2-3-5-16(13)18(20)21/h2-7,10H,8-9,11-12H2,1H3,(H,20,21). The Hall–Kier alpha value is -1.98. The Morgan fingerprint density at radius 3 is 2.91 bits per heavy atom. The smallest absolute Gasteiger partial charge is 0.336 e. The van der Waals surface area contributed by atoms with E-state index >= 15 is 0 Å². The second-order valence-corrected chi connectivity index (χ2v) is 6.63. The molecule has 4 nitrogen and oxygen atoms in total. The predicted molar refractivity (Wildman–Crippen MR) is 91.2 cm³/mol. The first-order valence-corrected chi connectivity index (χ1v) is 8.49. The van der Waals surface area contributed by atoms with Crippen molar-refractivity contribution in [3.63, 3.8) is 0 Å². The summed E-state index contributed by atoms with van der Waals surface area (Å²) in [4.78, 5) is 14.9. The third-order valence-electron chi connectivity index (χ3n) is 3.97. The van der Waals surface area contributed by atoms with Crippen LogP contribution < -0.4 is 4.74 Å². The summed E-state index contributed by atoms with van der Waals surface area (Å²) in [6.07, 6.45) is 0.